The van der Waals surface area contributed by atoms with Crippen LogP contribution in [0.25, 0.3) is 0 Å². The molecule has 2 aromatic carbocycles. The van der Waals surface area contributed by atoms with Crippen LogP contribution >= 0.6 is 0 Å². The predicted octanol–water partition coefficient (Wildman–Crippen LogP) is 3.06. The van der Waals surface area contributed by atoms with Crippen LogP contribution in [0.4, 0.5) is 0 Å². The monoisotopic (exact) mass is 335 g/mol. The number of rotatable bonds is 6. The number of ether oxygens (including phenoxy) is 1. The van der Waals surface area contributed by atoms with Crippen molar-refractivity contribution < 1.29 is 4.74 Å². The Kier molecular flexibility index (Phi) is 6.05. The van der Waals surface area contributed by atoms with Crippen molar-refractivity contribution in [3.05, 3.63) is 65.2 Å². The Bertz CT molecular complexity index is 713. The molecule has 0 unspecified atom stereocenters. The fourth-order valence-corrected chi connectivity index (χ4v) is 3.16. The lowest BCUT2D eigenvalue weighted by Gasteiger charge is -2.34. The van der Waals surface area contributed by atoms with Crippen molar-refractivity contribution in [1.29, 1.82) is 5.26 Å². The maximum atomic E-state index is 8.80. The van der Waals surface area contributed by atoms with Crippen molar-refractivity contribution in [2.45, 2.75) is 13.5 Å². The van der Waals surface area contributed by atoms with Gasteiger partial charge in [-0.15, -0.1) is 0 Å². The molecular formula is C21H25N3O. The Hall–Kier alpha value is -2.35. The Morgan fingerprint density at radius 3 is 2.40 bits per heavy atom. The lowest BCUT2D eigenvalue weighted by Crippen LogP contribution is -2.47. The summed E-state index contributed by atoms with van der Waals surface area (Å²) in [5, 5.41) is 8.80. The van der Waals surface area contributed by atoms with Gasteiger partial charge in [-0.05, 0) is 36.8 Å². The van der Waals surface area contributed by atoms with Crippen LogP contribution in [0, 0.1) is 18.3 Å². The number of hydrogen-bond acceptors (Lipinski definition) is 4. The fourth-order valence-electron chi connectivity index (χ4n) is 3.16. The molecule has 0 radical (unpaired) electrons. The first-order chi connectivity index (χ1) is 12.2. The average Bonchev–Trinajstić information content (AvgIpc) is 2.64. The molecule has 0 saturated carbocycles. The summed E-state index contributed by atoms with van der Waals surface area (Å²) in [6.45, 7) is 9.19. The second kappa shape index (κ2) is 8.66. The molecule has 3 rings (SSSR count). The zero-order valence-electron chi connectivity index (χ0n) is 14.8. The standard InChI is InChI=1S/C21H25N3O/c1-18-3-2-4-20(15-18)17-24-11-9-23(10-12-24)13-14-25-21-7-5-19(16-22)6-8-21/h2-8,15H,9-14,17H2,1H3. The highest BCUT2D eigenvalue weighted by Gasteiger charge is 2.16. The highest BCUT2D eigenvalue weighted by Crippen LogP contribution is 2.13. The van der Waals surface area contributed by atoms with Crippen molar-refractivity contribution in [2.75, 3.05) is 39.3 Å². The molecule has 1 aliphatic heterocycles. The summed E-state index contributed by atoms with van der Waals surface area (Å²) in [5.41, 5.74) is 3.39. The Morgan fingerprint density at radius 2 is 1.72 bits per heavy atom. The van der Waals surface area contributed by atoms with Crippen molar-refractivity contribution in [3.63, 3.8) is 0 Å². The van der Waals surface area contributed by atoms with Gasteiger partial charge >= 0.3 is 0 Å². The summed E-state index contributed by atoms with van der Waals surface area (Å²) in [5.74, 6) is 0.831. The van der Waals surface area contributed by atoms with E-state index < -0.39 is 0 Å². The molecule has 2 aromatic rings. The minimum atomic E-state index is 0.664. The van der Waals surface area contributed by atoms with E-state index >= 15 is 0 Å². The van der Waals surface area contributed by atoms with Gasteiger partial charge in [-0.2, -0.15) is 5.26 Å². The largest absolute Gasteiger partial charge is 0.492 e. The zero-order valence-corrected chi connectivity index (χ0v) is 14.8. The first-order valence-electron chi connectivity index (χ1n) is 8.86. The molecule has 0 amide bonds. The molecule has 130 valence electrons. The van der Waals surface area contributed by atoms with E-state index in [0.29, 0.717) is 12.2 Å². The molecule has 1 fully saturated rings. The topological polar surface area (TPSA) is 39.5 Å². The number of benzene rings is 2. The number of nitriles is 1. The highest BCUT2D eigenvalue weighted by molar-refractivity contribution is 5.34. The zero-order chi connectivity index (χ0) is 17.5. The Labute approximate surface area is 150 Å². The third-order valence-electron chi connectivity index (χ3n) is 4.61. The number of nitrogens with zero attached hydrogens (tertiary/aromatic N) is 3. The van der Waals surface area contributed by atoms with Gasteiger partial charge in [0.25, 0.3) is 0 Å². The molecule has 1 aliphatic rings. The van der Waals surface area contributed by atoms with Crippen LogP contribution in [0.15, 0.2) is 48.5 Å². The Balaban J connectivity index is 1.37. The van der Waals surface area contributed by atoms with E-state index in [2.05, 4.69) is 47.1 Å². The predicted molar refractivity (Wildman–Crippen MR) is 99.5 cm³/mol. The van der Waals surface area contributed by atoms with Gasteiger partial charge in [0, 0.05) is 39.3 Å². The van der Waals surface area contributed by atoms with Gasteiger partial charge in [-0.1, -0.05) is 29.8 Å². The molecule has 4 nitrogen and oxygen atoms in total. The number of piperazine rings is 1. The van der Waals surface area contributed by atoms with Gasteiger partial charge in [0.1, 0.15) is 12.4 Å². The summed E-state index contributed by atoms with van der Waals surface area (Å²) in [6, 6.07) is 18.2. The minimum Gasteiger partial charge on any atom is -0.492 e. The fraction of sp³-hybridized carbons (Fsp3) is 0.381. The molecule has 25 heavy (non-hydrogen) atoms. The molecule has 1 heterocycles. The molecule has 0 aliphatic carbocycles. The third kappa shape index (κ3) is 5.32. The third-order valence-corrected chi connectivity index (χ3v) is 4.61. The van der Waals surface area contributed by atoms with Crippen molar-refractivity contribution in [1.82, 2.24) is 9.80 Å². The van der Waals surface area contributed by atoms with Crippen LogP contribution in [0.5, 0.6) is 5.75 Å². The smallest absolute Gasteiger partial charge is 0.119 e. The summed E-state index contributed by atoms with van der Waals surface area (Å²) < 4.78 is 5.78. The molecule has 4 heteroatoms. The van der Waals surface area contributed by atoms with E-state index in [-0.39, 0.29) is 0 Å². The summed E-state index contributed by atoms with van der Waals surface area (Å²) in [6.07, 6.45) is 0. The number of hydrogen-bond donors (Lipinski definition) is 0. The number of aryl methyl sites for hydroxylation is 1. The van der Waals surface area contributed by atoms with Gasteiger partial charge in [-0.25, -0.2) is 0 Å². The highest BCUT2D eigenvalue weighted by atomic mass is 16.5. The second-order valence-corrected chi connectivity index (χ2v) is 6.59. The van der Waals surface area contributed by atoms with E-state index in [1.807, 2.05) is 12.1 Å². The average molecular weight is 335 g/mol. The van der Waals surface area contributed by atoms with Gasteiger partial charge in [0.15, 0.2) is 0 Å². The van der Waals surface area contributed by atoms with E-state index in [9.17, 15) is 0 Å². The van der Waals surface area contributed by atoms with Crippen LogP contribution in [-0.2, 0) is 6.54 Å². The van der Waals surface area contributed by atoms with Gasteiger partial charge in [0.2, 0.25) is 0 Å². The quantitative estimate of drug-likeness (QED) is 0.813. The van der Waals surface area contributed by atoms with Gasteiger partial charge in [0.05, 0.1) is 11.6 Å². The van der Waals surface area contributed by atoms with Gasteiger partial charge in [-0.3, -0.25) is 9.80 Å². The van der Waals surface area contributed by atoms with Crippen LogP contribution in [0.3, 0.4) is 0 Å². The molecule has 0 spiro atoms. The van der Waals surface area contributed by atoms with E-state index in [4.69, 9.17) is 10.00 Å². The Morgan fingerprint density at radius 1 is 1.00 bits per heavy atom. The van der Waals surface area contributed by atoms with E-state index in [1.54, 1.807) is 12.1 Å². The lowest BCUT2D eigenvalue weighted by molar-refractivity contribution is 0.112. The summed E-state index contributed by atoms with van der Waals surface area (Å²) >= 11 is 0. The van der Waals surface area contributed by atoms with Crippen molar-refractivity contribution >= 4 is 0 Å². The van der Waals surface area contributed by atoms with Crippen LogP contribution in [-0.4, -0.2) is 49.1 Å². The lowest BCUT2D eigenvalue weighted by atomic mass is 10.1. The molecule has 1 saturated heterocycles. The normalized spacial score (nSPS) is 15.7. The molecule has 0 bridgehead atoms. The SMILES string of the molecule is Cc1cccc(CN2CCN(CCOc3ccc(C#N)cc3)CC2)c1. The maximum absolute atomic E-state index is 8.80. The maximum Gasteiger partial charge on any atom is 0.119 e. The molecule has 0 aromatic heterocycles. The molecular weight excluding hydrogens is 310 g/mol. The van der Waals surface area contributed by atoms with E-state index in [0.717, 1.165) is 45.0 Å². The van der Waals surface area contributed by atoms with Gasteiger partial charge < -0.3 is 4.74 Å². The molecule has 0 N–H and O–H groups in total. The van der Waals surface area contributed by atoms with Crippen LogP contribution in [0.2, 0.25) is 0 Å². The van der Waals surface area contributed by atoms with E-state index in [1.165, 1.54) is 11.1 Å². The van der Waals surface area contributed by atoms with Crippen molar-refractivity contribution in [2.24, 2.45) is 0 Å². The summed E-state index contributed by atoms with van der Waals surface area (Å²) in [4.78, 5) is 4.98. The van der Waals surface area contributed by atoms with Crippen molar-refractivity contribution in [3.8, 4) is 11.8 Å². The van der Waals surface area contributed by atoms with Crippen LogP contribution < -0.4 is 4.74 Å². The first kappa shape index (κ1) is 17.5. The summed E-state index contributed by atoms with van der Waals surface area (Å²) in [7, 11) is 0. The van der Waals surface area contributed by atoms with Crippen LogP contribution in [0.1, 0.15) is 16.7 Å². The second-order valence-electron chi connectivity index (χ2n) is 6.59. The molecule has 0 atom stereocenters. The minimum absolute atomic E-state index is 0.664. The first-order valence-corrected chi connectivity index (χ1v) is 8.86.